The molecule has 0 spiro atoms. The summed E-state index contributed by atoms with van der Waals surface area (Å²) < 4.78 is 0. The Kier molecular flexibility index (Phi) is 5.33. The van der Waals surface area contributed by atoms with Crippen LogP contribution in [0.15, 0.2) is 102 Å². The van der Waals surface area contributed by atoms with Gasteiger partial charge in [-0.2, -0.15) is 0 Å². The zero-order chi connectivity index (χ0) is 22.8. The molecule has 2 N–H and O–H groups in total. The summed E-state index contributed by atoms with van der Waals surface area (Å²) in [5.74, 6) is -0.461. The number of aryl methyl sites for hydroxylation is 1. The van der Waals surface area contributed by atoms with Crippen LogP contribution in [0.1, 0.15) is 21.5 Å². The Labute approximate surface area is 191 Å². The van der Waals surface area contributed by atoms with E-state index >= 15 is 0 Å². The fraction of sp³-hybridized carbons (Fsp3) is 0.0345. The second kappa shape index (κ2) is 8.60. The number of phenolic OH excluding ortho intramolecular Hbond substituents is 1. The third kappa shape index (κ3) is 4.06. The summed E-state index contributed by atoms with van der Waals surface area (Å²) in [5.41, 5.74) is 3.14. The average Bonchev–Trinajstić information content (AvgIpc) is 2.84. The summed E-state index contributed by atoms with van der Waals surface area (Å²) in [6.45, 7) is 1.93. The number of para-hydroxylation sites is 1. The first-order chi connectivity index (χ1) is 16.1. The van der Waals surface area contributed by atoms with Crippen molar-refractivity contribution in [3.05, 3.63) is 114 Å². The summed E-state index contributed by atoms with van der Waals surface area (Å²) in [5, 5.41) is 17.9. The van der Waals surface area contributed by atoms with Gasteiger partial charge in [0.25, 0.3) is 5.91 Å². The molecular formula is C29H22N2O2. The maximum Gasteiger partial charge on any atom is 0.259 e. The Balaban J connectivity index is 1.57. The van der Waals surface area contributed by atoms with E-state index in [2.05, 4.69) is 16.4 Å². The molecule has 0 radical (unpaired) electrons. The first kappa shape index (κ1) is 20.5. The molecule has 4 heteroatoms. The zero-order valence-electron chi connectivity index (χ0n) is 18.1. The predicted molar refractivity (Wildman–Crippen MR) is 136 cm³/mol. The lowest BCUT2D eigenvalue weighted by Crippen LogP contribution is -2.13. The number of phenols is 1. The van der Waals surface area contributed by atoms with Gasteiger partial charge in [0.05, 0.1) is 11.3 Å². The van der Waals surface area contributed by atoms with E-state index < -0.39 is 0 Å². The van der Waals surface area contributed by atoms with Crippen LogP contribution < -0.4 is 5.32 Å². The molecule has 5 aromatic rings. The fourth-order valence-electron chi connectivity index (χ4n) is 3.97. The number of hydrogen-bond acceptors (Lipinski definition) is 3. The normalized spacial score (nSPS) is 11.3. The molecule has 0 aromatic heterocycles. The molecule has 0 bridgehead atoms. The fourth-order valence-corrected chi connectivity index (χ4v) is 3.97. The van der Waals surface area contributed by atoms with Gasteiger partial charge >= 0.3 is 0 Å². The van der Waals surface area contributed by atoms with E-state index in [4.69, 9.17) is 0 Å². The number of aliphatic imine (C=N–C) groups is 1. The number of rotatable bonds is 4. The molecule has 0 aliphatic rings. The average molecular weight is 431 g/mol. The SMILES string of the molecule is Cc1ccccc1NC(=O)c1cc2ccccc2c(C=Nc2ccc3ccccc3c2)c1O. The third-order valence-electron chi connectivity index (χ3n) is 5.77. The summed E-state index contributed by atoms with van der Waals surface area (Å²) in [4.78, 5) is 17.7. The molecule has 0 heterocycles. The molecule has 0 unspecified atom stereocenters. The molecule has 0 aliphatic carbocycles. The number of carbonyl (C=O) groups excluding carboxylic acids is 1. The molecule has 0 saturated heterocycles. The van der Waals surface area contributed by atoms with Crippen molar-refractivity contribution in [2.24, 2.45) is 4.99 Å². The van der Waals surface area contributed by atoms with Gasteiger partial charge in [0.15, 0.2) is 0 Å². The molecule has 160 valence electrons. The zero-order valence-corrected chi connectivity index (χ0v) is 18.1. The van der Waals surface area contributed by atoms with Crippen molar-refractivity contribution in [2.45, 2.75) is 6.92 Å². The number of amides is 1. The minimum Gasteiger partial charge on any atom is -0.506 e. The van der Waals surface area contributed by atoms with Gasteiger partial charge in [0, 0.05) is 17.5 Å². The number of fused-ring (bicyclic) bond motifs is 2. The molecule has 1 amide bonds. The van der Waals surface area contributed by atoms with Crippen molar-refractivity contribution in [1.29, 1.82) is 0 Å². The third-order valence-corrected chi connectivity index (χ3v) is 5.77. The van der Waals surface area contributed by atoms with E-state index in [1.165, 1.54) is 0 Å². The molecule has 0 aliphatic heterocycles. The first-order valence-electron chi connectivity index (χ1n) is 10.7. The number of nitrogens with one attached hydrogen (secondary N) is 1. The van der Waals surface area contributed by atoms with Crippen LogP contribution in [0.4, 0.5) is 11.4 Å². The Morgan fingerprint density at radius 2 is 1.52 bits per heavy atom. The van der Waals surface area contributed by atoms with E-state index in [-0.39, 0.29) is 17.2 Å². The van der Waals surface area contributed by atoms with Crippen LogP contribution in [0.5, 0.6) is 5.75 Å². The topological polar surface area (TPSA) is 61.7 Å². The van der Waals surface area contributed by atoms with Gasteiger partial charge in [-0.25, -0.2) is 0 Å². The van der Waals surface area contributed by atoms with Crippen molar-refractivity contribution < 1.29 is 9.90 Å². The van der Waals surface area contributed by atoms with Crippen LogP contribution in [0.25, 0.3) is 21.5 Å². The van der Waals surface area contributed by atoms with Gasteiger partial charge < -0.3 is 10.4 Å². The van der Waals surface area contributed by atoms with Crippen molar-refractivity contribution in [2.75, 3.05) is 5.32 Å². The van der Waals surface area contributed by atoms with Gasteiger partial charge in [-0.05, 0) is 58.3 Å². The van der Waals surface area contributed by atoms with Crippen LogP contribution in [0.2, 0.25) is 0 Å². The highest BCUT2D eigenvalue weighted by atomic mass is 16.3. The predicted octanol–water partition coefficient (Wildman–Crippen LogP) is 7.01. The van der Waals surface area contributed by atoms with E-state index in [0.717, 1.165) is 32.8 Å². The van der Waals surface area contributed by atoms with Gasteiger partial charge in [0.1, 0.15) is 5.75 Å². The molecule has 5 rings (SSSR count). The second-order valence-corrected chi connectivity index (χ2v) is 7.97. The van der Waals surface area contributed by atoms with Crippen molar-refractivity contribution in [3.8, 4) is 5.75 Å². The number of anilines is 1. The quantitative estimate of drug-likeness (QED) is 0.301. The summed E-state index contributed by atoms with van der Waals surface area (Å²) in [6.07, 6.45) is 1.63. The van der Waals surface area contributed by atoms with Crippen molar-refractivity contribution in [1.82, 2.24) is 0 Å². The van der Waals surface area contributed by atoms with Crippen LogP contribution in [0.3, 0.4) is 0 Å². The minimum atomic E-state index is -0.368. The Hall–Kier alpha value is -4.44. The van der Waals surface area contributed by atoms with E-state index in [1.54, 1.807) is 12.3 Å². The van der Waals surface area contributed by atoms with Crippen LogP contribution in [-0.4, -0.2) is 17.2 Å². The highest BCUT2D eigenvalue weighted by Crippen LogP contribution is 2.32. The Morgan fingerprint density at radius 3 is 2.33 bits per heavy atom. The van der Waals surface area contributed by atoms with Crippen LogP contribution in [0, 0.1) is 6.92 Å². The van der Waals surface area contributed by atoms with Crippen LogP contribution in [-0.2, 0) is 0 Å². The molecule has 33 heavy (non-hydrogen) atoms. The van der Waals surface area contributed by atoms with Gasteiger partial charge in [0.2, 0.25) is 0 Å². The largest absolute Gasteiger partial charge is 0.506 e. The Morgan fingerprint density at radius 1 is 0.818 bits per heavy atom. The van der Waals surface area contributed by atoms with E-state index in [9.17, 15) is 9.90 Å². The second-order valence-electron chi connectivity index (χ2n) is 7.97. The lowest BCUT2D eigenvalue weighted by Gasteiger charge is -2.13. The number of carbonyl (C=O) groups is 1. The molecule has 0 fully saturated rings. The maximum atomic E-state index is 13.1. The van der Waals surface area contributed by atoms with E-state index in [0.29, 0.717) is 11.3 Å². The number of benzene rings is 5. The van der Waals surface area contributed by atoms with Gasteiger partial charge in [-0.3, -0.25) is 9.79 Å². The van der Waals surface area contributed by atoms with Crippen molar-refractivity contribution in [3.63, 3.8) is 0 Å². The smallest absolute Gasteiger partial charge is 0.259 e. The van der Waals surface area contributed by atoms with Gasteiger partial charge in [-0.1, -0.05) is 72.8 Å². The first-order valence-corrected chi connectivity index (χ1v) is 10.7. The summed E-state index contributed by atoms with van der Waals surface area (Å²) >= 11 is 0. The molecule has 0 saturated carbocycles. The number of nitrogens with zero attached hydrogens (tertiary/aromatic N) is 1. The van der Waals surface area contributed by atoms with E-state index in [1.807, 2.05) is 91.9 Å². The summed E-state index contributed by atoms with van der Waals surface area (Å²) in [6, 6.07) is 31.0. The number of aromatic hydroxyl groups is 1. The maximum absolute atomic E-state index is 13.1. The highest BCUT2D eigenvalue weighted by Gasteiger charge is 2.18. The lowest BCUT2D eigenvalue weighted by atomic mass is 9.99. The molecular weight excluding hydrogens is 408 g/mol. The van der Waals surface area contributed by atoms with Gasteiger partial charge in [-0.15, -0.1) is 0 Å². The standard InChI is InChI=1S/C29H22N2O2/c1-19-8-2-7-13-27(19)31-29(33)25-17-22-11-5-6-12-24(22)26(28(25)32)18-30-23-15-14-20-9-3-4-10-21(20)16-23/h2-18,32H,1H3,(H,31,33). The van der Waals surface area contributed by atoms with Crippen LogP contribution >= 0.6 is 0 Å². The molecule has 4 nitrogen and oxygen atoms in total. The summed E-state index contributed by atoms with van der Waals surface area (Å²) in [7, 11) is 0. The lowest BCUT2D eigenvalue weighted by molar-refractivity contribution is 0.102. The minimum absolute atomic E-state index is 0.0932. The highest BCUT2D eigenvalue weighted by molar-refractivity contribution is 6.13. The molecule has 5 aromatic carbocycles. The molecule has 0 atom stereocenters. The monoisotopic (exact) mass is 430 g/mol. The Bertz CT molecular complexity index is 1540. The number of hydrogen-bond donors (Lipinski definition) is 2. The van der Waals surface area contributed by atoms with Crippen molar-refractivity contribution >= 4 is 45.0 Å².